The van der Waals surface area contributed by atoms with Crippen LogP contribution in [0.5, 0.6) is 0 Å². The predicted molar refractivity (Wildman–Crippen MR) is 92.8 cm³/mol. The van der Waals surface area contributed by atoms with Crippen LogP contribution in [-0.4, -0.2) is 11.1 Å². The zero-order chi connectivity index (χ0) is 16.2. The lowest BCUT2D eigenvalue weighted by atomic mass is 9.85. The highest BCUT2D eigenvalue weighted by molar-refractivity contribution is 5.87. The van der Waals surface area contributed by atoms with E-state index in [2.05, 4.69) is 37.3 Å². The first-order chi connectivity index (χ1) is 11.1. The number of aromatic carboxylic acids is 1. The third kappa shape index (κ3) is 3.82. The molecule has 0 spiro atoms. The van der Waals surface area contributed by atoms with Crippen molar-refractivity contribution in [2.24, 2.45) is 11.8 Å². The lowest BCUT2D eigenvalue weighted by molar-refractivity contribution is 0.0697. The second-order valence-corrected chi connectivity index (χ2v) is 6.84. The van der Waals surface area contributed by atoms with E-state index in [4.69, 9.17) is 5.11 Å². The van der Waals surface area contributed by atoms with E-state index in [-0.39, 0.29) is 0 Å². The zero-order valence-corrected chi connectivity index (χ0v) is 13.6. The molecule has 1 aliphatic carbocycles. The van der Waals surface area contributed by atoms with Crippen LogP contribution in [0.4, 0.5) is 0 Å². The average Bonchev–Trinajstić information content (AvgIpc) is 3.04. The van der Waals surface area contributed by atoms with Gasteiger partial charge in [0.1, 0.15) is 0 Å². The van der Waals surface area contributed by atoms with Gasteiger partial charge in [0.2, 0.25) is 0 Å². The normalized spacial score (nSPS) is 22.0. The molecule has 1 N–H and O–H groups in total. The Balaban J connectivity index is 1.58. The van der Waals surface area contributed by atoms with Gasteiger partial charge in [0, 0.05) is 0 Å². The van der Waals surface area contributed by atoms with Crippen LogP contribution in [0.15, 0.2) is 54.6 Å². The highest BCUT2D eigenvalue weighted by atomic mass is 16.4. The van der Waals surface area contributed by atoms with Gasteiger partial charge in [-0.05, 0) is 66.7 Å². The van der Waals surface area contributed by atoms with Crippen molar-refractivity contribution in [1.29, 1.82) is 0 Å². The maximum absolute atomic E-state index is 10.9. The molecule has 0 bridgehead atoms. The number of hydrogen-bond acceptors (Lipinski definition) is 1. The van der Waals surface area contributed by atoms with Crippen molar-refractivity contribution < 1.29 is 9.90 Å². The third-order valence-electron chi connectivity index (χ3n) is 5.34. The third-order valence-corrected chi connectivity index (χ3v) is 5.34. The van der Waals surface area contributed by atoms with Gasteiger partial charge >= 0.3 is 5.97 Å². The molecule has 2 aromatic carbocycles. The summed E-state index contributed by atoms with van der Waals surface area (Å²) < 4.78 is 0. The molecule has 3 atom stereocenters. The summed E-state index contributed by atoms with van der Waals surface area (Å²) in [6.45, 7) is 2.35. The molecule has 2 aromatic rings. The van der Waals surface area contributed by atoms with Crippen molar-refractivity contribution in [1.82, 2.24) is 0 Å². The first-order valence-electron chi connectivity index (χ1n) is 8.50. The molecule has 3 rings (SSSR count). The topological polar surface area (TPSA) is 37.3 Å². The first kappa shape index (κ1) is 15.8. The highest BCUT2D eigenvalue weighted by Crippen LogP contribution is 2.41. The van der Waals surface area contributed by atoms with E-state index in [1.165, 1.54) is 30.4 Å². The molecular formula is C21H24O2. The summed E-state index contributed by atoms with van der Waals surface area (Å²) in [6, 6.07) is 18.2. The molecule has 1 fully saturated rings. The molecule has 0 amide bonds. The van der Waals surface area contributed by atoms with E-state index in [0.717, 1.165) is 18.3 Å². The van der Waals surface area contributed by atoms with Crippen LogP contribution in [-0.2, 0) is 6.42 Å². The van der Waals surface area contributed by atoms with Crippen LogP contribution in [0.1, 0.15) is 53.6 Å². The number of carbonyl (C=O) groups is 1. The summed E-state index contributed by atoms with van der Waals surface area (Å²) in [5, 5.41) is 8.96. The first-order valence-corrected chi connectivity index (χ1v) is 8.50. The molecule has 0 heterocycles. The van der Waals surface area contributed by atoms with Crippen LogP contribution in [0.3, 0.4) is 0 Å². The Bertz CT molecular complexity index is 645. The highest BCUT2D eigenvalue weighted by Gasteiger charge is 2.29. The second kappa shape index (κ2) is 6.99. The minimum absolute atomic E-state index is 0.371. The Kier molecular flexibility index (Phi) is 4.80. The van der Waals surface area contributed by atoms with Gasteiger partial charge in [0.15, 0.2) is 0 Å². The minimum Gasteiger partial charge on any atom is -0.478 e. The van der Waals surface area contributed by atoms with Crippen LogP contribution in [0.25, 0.3) is 0 Å². The Hall–Kier alpha value is -2.09. The Morgan fingerprint density at radius 2 is 1.78 bits per heavy atom. The van der Waals surface area contributed by atoms with Crippen LogP contribution in [0, 0.1) is 11.8 Å². The number of benzene rings is 2. The smallest absolute Gasteiger partial charge is 0.335 e. The van der Waals surface area contributed by atoms with E-state index in [1.807, 2.05) is 12.1 Å². The molecule has 0 radical (unpaired) electrons. The van der Waals surface area contributed by atoms with E-state index < -0.39 is 5.97 Å². The van der Waals surface area contributed by atoms with Gasteiger partial charge in [-0.15, -0.1) is 0 Å². The van der Waals surface area contributed by atoms with Crippen LogP contribution in [0.2, 0.25) is 0 Å². The molecule has 0 saturated heterocycles. The summed E-state index contributed by atoms with van der Waals surface area (Å²) in [6.07, 6.45) is 4.92. The van der Waals surface area contributed by atoms with Crippen molar-refractivity contribution >= 4 is 5.97 Å². The Morgan fingerprint density at radius 3 is 2.43 bits per heavy atom. The lowest BCUT2D eigenvalue weighted by Crippen LogP contribution is -2.08. The quantitative estimate of drug-likeness (QED) is 0.829. The fourth-order valence-corrected chi connectivity index (χ4v) is 3.90. The van der Waals surface area contributed by atoms with Crippen molar-refractivity contribution in [3.05, 3.63) is 71.3 Å². The Morgan fingerprint density at radius 1 is 1.09 bits per heavy atom. The van der Waals surface area contributed by atoms with Gasteiger partial charge in [-0.25, -0.2) is 4.79 Å². The molecule has 23 heavy (non-hydrogen) atoms. The fourth-order valence-electron chi connectivity index (χ4n) is 3.90. The van der Waals surface area contributed by atoms with Gasteiger partial charge in [0.25, 0.3) is 0 Å². The Labute approximate surface area is 138 Å². The molecule has 0 aliphatic heterocycles. The molecule has 2 heteroatoms. The molecule has 120 valence electrons. The van der Waals surface area contributed by atoms with E-state index >= 15 is 0 Å². The predicted octanol–water partition coefficient (Wildman–Crippen LogP) is 5.15. The molecule has 1 saturated carbocycles. The van der Waals surface area contributed by atoms with Gasteiger partial charge < -0.3 is 5.11 Å². The van der Waals surface area contributed by atoms with E-state index in [1.54, 1.807) is 12.1 Å². The summed E-state index contributed by atoms with van der Waals surface area (Å²) in [7, 11) is 0. The number of carboxylic acids is 1. The van der Waals surface area contributed by atoms with Gasteiger partial charge in [0.05, 0.1) is 5.56 Å². The summed E-state index contributed by atoms with van der Waals surface area (Å²) in [5.74, 6) is 1.26. The number of carboxylic acid groups (broad SMARTS) is 1. The molecule has 2 nitrogen and oxygen atoms in total. The average molecular weight is 308 g/mol. The lowest BCUT2D eigenvalue weighted by Gasteiger charge is -2.20. The minimum atomic E-state index is -0.853. The molecule has 1 aliphatic rings. The van der Waals surface area contributed by atoms with Gasteiger partial charge in [-0.1, -0.05) is 49.4 Å². The second-order valence-electron chi connectivity index (χ2n) is 6.84. The number of rotatable bonds is 5. The fraction of sp³-hybridized carbons (Fsp3) is 0.381. The zero-order valence-electron chi connectivity index (χ0n) is 13.6. The monoisotopic (exact) mass is 308 g/mol. The van der Waals surface area contributed by atoms with Crippen molar-refractivity contribution in [2.45, 2.75) is 38.5 Å². The van der Waals surface area contributed by atoms with Crippen molar-refractivity contribution in [3.8, 4) is 0 Å². The van der Waals surface area contributed by atoms with E-state index in [0.29, 0.717) is 11.5 Å². The SMILES string of the molecule is C[C@H](c1ccccc1)[C@H]1CCC(Cc2ccc(C(=O)O)cc2)C1. The van der Waals surface area contributed by atoms with Crippen LogP contribution < -0.4 is 0 Å². The molecule has 0 aromatic heterocycles. The maximum Gasteiger partial charge on any atom is 0.335 e. The largest absolute Gasteiger partial charge is 0.478 e. The van der Waals surface area contributed by atoms with Gasteiger partial charge in [-0.3, -0.25) is 0 Å². The van der Waals surface area contributed by atoms with Crippen molar-refractivity contribution in [3.63, 3.8) is 0 Å². The maximum atomic E-state index is 10.9. The number of hydrogen-bond donors (Lipinski definition) is 1. The summed E-state index contributed by atoms with van der Waals surface area (Å²) in [5.41, 5.74) is 3.08. The van der Waals surface area contributed by atoms with Crippen molar-refractivity contribution in [2.75, 3.05) is 0 Å². The summed E-state index contributed by atoms with van der Waals surface area (Å²) >= 11 is 0. The summed E-state index contributed by atoms with van der Waals surface area (Å²) in [4.78, 5) is 10.9. The molecular weight excluding hydrogens is 284 g/mol. The van der Waals surface area contributed by atoms with E-state index in [9.17, 15) is 4.79 Å². The molecule has 1 unspecified atom stereocenters. The van der Waals surface area contributed by atoms with Crippen LogP contribution >= 0.6 is 0 Å². The standard InChI is InChI=1S/C21H24O2/c1-15(18-5-3-2-4-6-18)20-12-9-17(14-20)13-16-7-10-19(11-8-16)21(22)23/h2-8,10-11,15,17,20H,9,12-14H2,1H3,(H,22,23)/t15-,17?,20+/m1/s1. The van der Waals surface area contributed by atoms with Gasteiger partial charge in [-0.2, -0.15) is 0 Å².